The Balaban J connectivity index is 1.39. The third-order valence-electron chi connectivity index (χ3n) is 5.37. The summed E-state index contributed by atoms with van der Waals surface area (Å²) in [6.07, 6.45) is 9.04. The number of anilines is 1. The van der Waals surface area contributed by atoms with Gasteiger partial charge in [0.15, 0.2) is 6.54 Å². The Morgan fingerprint density at radius 2 is 2.17 bits per heavy atom. The highest BCUT2D eigenvalue weighted by Crippen LogP contribution is 2.31. The molecule has 2 aromatic heterocycles. The van der Waals surface area contributed by atoms with Crippen LogP contribution in [-0.4, -0.2) is 28.8 Å². The zero-order valence-corrected chi connectivity index (χ0v) is 14.7. The molecule has 0 bridgehead atoms. The smallest absolute Gasteiger partial charge is 0.280 e. The Hall–Kier alpha value is -1.66. The molecule has 1 unspecified atom stereocenters. The van der Waals surface area contributed by atoms with Crippen molar-refractivity contribution in [3.8, 4) is 0 Å². The molecule has 6 heteroatoms. The average Bonchev–Trinajstić information content (AvgIpc) is 3.35. The average molecular weight is 345 g/mol. The van der Waals surface area contributed by atoms with Crippen molar-refractivity contribution in [1.29, 1.82) is 0 Å². The molecule has 1 amide bonds. The second-order valence-corrected chi connectivity index (χ2v) is 7.92. The molecule has 2 N–H and O–H groups in total. The molecule has 1 saturated heterocycles. The second-order valence-electron chi connectivity index (χ2n) is 6.94. The number of nitrogens with zero attached hydrogens (tertiary/aromatic N) is 2. The number of carbonyl (C=O) groups excluding carboxylic acids is 1. The summed E-state index contributed by atoms with van der Waals surface area (Å²) in [5.74, 6) is 0.964. The number of aromatic nitrogens is 2. The number of carbonyl (C=O) groups is 1. The van der Waals surface area contributed by atoms with Gasteiger partial charge < -0.3 is 10.2 Å². The van der Waals surface area contributed by atoms with Crippen LogP contribution in [0.2, 0.25) is 0 Å². The van der Waals surface area contributed by atoms with Gasteiger partial charge >= 0.3 is 0 Å². The highest BCUT2D eigenvalue weighted by Gasteiger charge is 2.32. The third kappa shape index (κ3) is 3.26. The monoisotopic (exact) mass is 345 g/mol. The van der Waals surface area contributed by atoms with E-state index in [0.717, 1.165) is 12.4 Å². The van der Waals surface area contributed by atoms with Gasteiger partial charge in [-0.3, -0.25) is 4.79 Å². The molecule has 2 atom stereocenters. The van der Waals surface area contributed by atoms with Crippen molar-refractivity contribution in [2.45, 2.75) is 50.6 Å². The number of quaternary nitrogens is 1. The first-order valence-electron chi connectivity index (χ1n) is 9.02. The normalized spacial score (nSPS) is 24.5. The van der Waals surface area contributed by atoms with Gasteiger partial charge in [0.25, 0.3) is 5.91 Å². The van der Waals surface area contributed by atoms with Crippen molar-refractivity contribution < 1.29 is 9.69 Å². The molecule has 4 rings (SSSR count). The first-order chi connectivity index (χ1) is 11.8. The van der Waals surface area contributed by atoms with Gasteiger partial charge in [-0.2, -0.15) is 5.10 Å². The number of hydrogen-bond acceptors (Lipinski definition) is 3. The first-order valence-corrected chi connectivity index (χ1v) is 9.90. The second kappa shape index (κ2) is 7.07. The van der Waals surface area contributed by atoms with Crippen LogP contribution in [0.25, 0.3) is 0 Å². The van der Waals surface area contributed by atoms with Gasteiger partial charge in [0.1, 0.15) is 11.9 Å². The maximum atomic E-state index is 12.6. The predicted molar refractivity (Wildman–Crippen MR) is 95.4 cm³/mol. The summed E-state index contributed by atoms with van der Waals surface area (Å²) in [6.45, 7) is 1.62. The van der Waals surface area contributed by atoms with E-state index in [1.54, 1.807) is 6.20 Å². The Labute approximate surface area is 146 Å². The first kappa shape index (κ1) is 15.8. The molecule has 2 fully saturated rings. The van der Waals surface area contributed by atoms with E-state index in [2.05, 4.69) is 27.9 Å². The van der Waals surface area contributed by atoms with E-state index in [0.29, 0.717) is 18.6 Å². The molecule has 0 spiro atoms. The molecule has 1 saturated carbocycles. The van der Waals surface area contributed by atoms with Gasteiger partial charge in [-0.05, 0) is 24.3 Å². The predicted octanol–water partition coefficient (Wildman–Crippen LogP) is 2.42. The minimum atomic E-state index is 0.105. The van der Waals surface area contributed by atoms with Crippen molar-refractivity contribution in [2.24, 2.45) is 0 Å². The maximum Gasteiger partial charge on any atom is 0.280 e. The highest BCUT2D eigenvalue weighted by molar-refractivity contribution is 7.10. The van der Waals surface area contributed by atoms with Crippen molar-refractivity contribution in [3.05, 3.63) is 34.7 Å². The zero-order valence-electron chi connectivity index (χ0n) is 13.9. The number of nitrogens with one attached hydrogen (secondary N) is 2. The standard InChI is InChI=1S/C18H24N4OS/c23-18(13-21-11-3-7-15(21)16-8-4-12-24-16)20-17-9-10-19-22(17)14-5-1-2-6-14/h4,8-10,12,14-15H,1-3,5-7,11,13H2,(H,20,23)/p+1/t15-/m1/s1. The summed E-state index contributed by atoms with van der Waals surface area (Å²) >= 11 is 1.81. The molecule has 2 aromatic rings. The summed E-state index contributed by atoms with van der Waals surface area (Å²) in [6, 6.07) is 7.17. The summed E-state index contributed by atoms with van der Waals surface area (Å²) in [7, 11) is 0. The third-order valence-corrected chi connectivity index (χ3v) is 6.35. The lowest BCUT2D eigenvalue weighted by Crippen LogP contribution is -3.11. The van der Waals surface area contributed by atoms with Crippen LogP contribution in [-0.2, 0) is 4.79 Å². The summed E-state index contributed by atoms with van der Waals surface area (Å²) < 4.78 is 2.01. The van der Waals surface area contributed by atoms with Crippen LogP contribution in [0.15, 0.2) is 29.8 Å². The quantitative estimate of drug-likeness (QED) is 0.874. The van der Waals surface area contributed by atoms with E-state index >= 15 is 0 Å². The molecule has 1 aliphatic carbocycles. The fraction of sp³-hybridized carbons (Fsp3) is 0.556. The molecule has 2 aliphatic rings. The lowest BCUT2D eigenvalue weighted by molar-refractivity contribution is -0.910. The molecule has 0 aromatic carbocycles. The summed E-state index contributed by atoms with van der Waals surface area (Å²) in [4.78, 5) is 15.4. The Bertz CT molecular complexity index is 675. The van der Waals surface area contributed by atoms with Crippen molar-refractivity contribution in [1.82, 2.24) is 9.78 Å². The van der Waals surface area contributed by atoms with Crippen molar-refractivity contribution >= 4 is 23.1 Å². The fourth-order valence-corrected chi connectivity index (χ4v) is 5.12. The summed E-state index contributed by atoms with van der Waals surface area (Å²) in [5, 5.41) is 9.67. The summed E-state index contributed by atoms with van der Waals surface area (Å²) in [5.41, 5.74) is 0. The number of rotatable bonds is 5. The van der Waals surface area contributed by atoms with Gasteiger partial charge in [-0.1, -0.05) is 18.9 Å². The van der Waals surface area contributed by atoms with Crippen LogP contribution in [0.4, 0.5) is 5.82 Å². The lowest BCUT2D eigenvalue weighted by atomic mass is 10.2. The largest absolute Gasteiger partial charge is 0.320 e. The Morgan fingerprint density at radius 3 is 2.96 bits per heavy atom. The number of amides is 1. The van der Waals surface area contributed by atoms with Crippen LogP contribution in [0.5, 0.6) is 0 Å². The molecular weight excluding hydrogens is 320 g/mol. The van der Waals surface area contributed by atoms with Gasteiger partial charge in [-0.15, -0.1) is 11.3 Å². The fourth-order valence-electron chi connectivity index (χ4n) is 4.20. The van der Waals surface area contributed by atoms with Crippen LogP contribution >= 0.6 is 11.3 Å². The maximum absolute atomic E-state index is 12.6. The molecule has 3 heterocycles. The van der Waals surface area contributed by atoms with E-state index in [1.165, 1.54) is 48.3 Å². The number of thiophene rings is 1. The number of likely N-dealkylation sites (tertiary alicyclic amines) is 1. The zero-order chi connectivity index (χ0) is 16.4. The minimum absolute atomic E-state index is 0.105. The topological polar surface area (TPSA) is 51.4 Å². The van der Waals surface area contributed by atoms with E-state index in [4.69, 9.17) is 0 Å². The van der Waals surface area contributed by atoms with E-state index in [9.17, 15) is 4.79 Å². The van der Waals surface area contributed by atoms with Crippen LogP contribution in [0.1, 0.15) is 55.5 Å². The van der Waals surface area contributed by atoms with E-state index < -0.39 is 0 Å². The minimum Gasteiger partial charge on any atom is -0.320 e. The Morgan fingerprint density at radius 1 is 1.29 bits per heavy atom. The van der Waals surface area contributed by atoms with Crippen molar-refractivity contribution in [3.63, 3.8) is 0 Å². The van der Waals surface area contributed by atoms with Crippen LogP contribution in [0, 0.1) is 0 Å². The van der Waals surface area contributed by atoms with Gasteiger partial charge in [-0.25, -0.2) is 4.68 Å². The molecule has 1 aliphatic heterocycles. The Kier molecular flexibility index (Phi) is 4.67. The van der Waals surface area contributed by atoms with E-state index in [1.807, 2.05) is 22.1 Å². The van der Waals surface area contributed by atoms with Gasteiger partial charge in [0, 0.05) is 18.9 Å². The SMILES string of the molecule is O=C(C[NH+]1CCC[C@@H]1c1cccs1)Nc1ccnn1C1CCCC1. The molecule has 24 heavy (non-hydrogen) atoms. The van der Waals surface area contributed by atoms with E-state index in [-0.39, 0.29) is 5.91 Å². The molecule has 128 valence electrons. The lowest BCUT2D eigenvalue weighted by Gasteiger charge is -2.20. The van der Waals surface area contributed by atoms with Crippen molar-refractivity contribution in [2.75, 3.05) is 18.4 Å². The molecule has 0 radical (unpaired) electrons. The molecule has 5 nitrogen and oxygen atoms in total. The highest BCUT2D eigenvalue weighted by atomic mass is 32.1. The van der Waals surface area contributed by atoms with Crippen LogP contribution < -0.4 is 10.2 Å². The van der Waals surface area contributed by atoms with Gasteiger partial charge in [0.2, 0.25) is 0 Å². The molecular formula is C18H25N4OS+. The number of hydrogen-bond donors (Lipinski definition) is 2. The van der Waals surface area contributed by atoms with Gasteiger partial charge in [0.05, 0.1) is 23.7 Å². The van der Waals surface area contributed by atoms with Crippen LogP contribution in [0.3, 0.4) is 0 Å².